The van der Waals surface area contributed by atoms with Gasteiger partial charge in [0.25, 0.3) is 5.91 Å². The van der Waals surface area contributed by atoms with Gasteiger partial charge in [0, 0.05) is 18.3 Å². The van der Waals surface area contributed by atoms with Crippen molar-refractivity contribution in [2.45, 2.75) is 26.7 Å². The number of nitrogens with one attached hydrogen (secondary N) is 1. The second-order valence-electron chi connectivity index (χ2n) is 4.00. The van der Waals surface area contributed by atoms with Gasteiger partial charge in [-0.15, -0.1) is 10.2 Å². The molecule has 2 aromatic rings. The molecule has 0 aliphatic carbocycles. The third-order valence-electron chi connectivity index (χ3n) is 2.66. The average molecular weight is 232 g/mol. The highest BCUT2D eigenvalue weighted by atomic mass is 16.1. The predicted octanol–water partition coefficient (Wildman–Crippen LogP) is 1.57. The van der Waals surface area contributed by atoms with Crippen LogP contribution in [-0.4, -0.2) is 27.0 Å². The van der Waals surface area contributed by atoms with E-state index in [4.69, 9.17) is 0 Å². The molecule has 0 fully saturated rings. The normalized spacial score (nSPS) is 10.7. The van der Waals surface area contributed by atoms with Gasteiger partial charge < -0.3 is 5.32 Å². The molecule has 90 valence electrons. The van der Waals surface area contributed by atoms with Gasteiger partial charge in [-0.3, -0.25) is 9.20 Å². The summed E-state index contributed by atoms with van der Waals surface area (Å²) in [6, 6.07) is 3.53. The first-order chi connectivity index (χ1) is 8.22. The minimum absolute atomic E-state index is 0.0541. The fourth-order valence-corrected chi connectivity index (χ4v) is 1.63. The van der Waals surface area contributed by atoms with Crippen molar-refractivity contribution >= 4 is 11.6 Å². The quantitative estimate of drug-likeness (QED) is 0.814. The first-order valence-electron chi connectivity index (χ1n) is 5.82. The lowest BCUT2D eigenvalue weighted by Gasteiger charge is -2.04. The molecule has 0 saturated carbocycles. The standard InChI is InChI=1S/C12H16N4O/c1-3-4-6-13-12(17)10-5-7-16-9(2)14-15-11(16)8-10/h5,7-8H,3-4,6H2,1-2H3,(H,13,17). The van der Waals surface area contributed by atoms with Crippen LogP contribution in [0.5, 0.6) is 0 Å². The van der Waals surface area contributed by atoms with Gasteiger partial charge in [-0.1, -0.05) is 13.3 Å². The van der Waals surface area contributed by atoms with Crippen molar-refractivity contribution in [2.75, 3.05) is 6.54 Å². The fourth-order valence-electron chi connectivity index (χ4n) is 1.63. The number of fused-ring (bicyclic) bond motifs is 1. The molecule has 5 nitrogen and oxygen atoms in total. The van der Waals surface area contributed by atoms with Crippen LogP contribution in [0, 0.1) is 6.92 Å². The molecule has 0 atom stereocenters. The maximum absolute atomic E-state index is 11.8. The Morgan fingerprint density at radius 3 is 3.06 bits per heavy atom. The van der Waals surface area contributed by atoms with Crippen molar-refractivity contribution in [3.8, 4) is 0 Å². The molecule has 17 heavy (non-hydrogen) atoms. The van der Waals surface area contributed by atoms with Gasteiger partial charge in [0.2, 0.25) is 0 Å². The summed E-state index contributed by atoms with van der Waals surface area (Å²) < 4.78 is 1.85. The van der Waals surface area contributed by atoms with Crippen molar-refractivity contribution in [3.05, 3.63) is 29.7 Å². The van der Waals surface area contributed by atoms with Crippen LogP contribution in [0.2, 0.25) is 0 Å². The molecule has 0 aliphatic rings. The molecule has 0 bridgehead atoms. The van der Waals surface area contributed by atoms with Gasteiger partial charge in [-0.05, 0) is 25.5 Å². The average Bonchev–Trinajstić information content (AvgIpc) is 2.71. The zero-order chi connectivity index (χ0) is 12.3. The molecule has 2 aromatic heterocycles. The first-order valence-corrected chi connectivity index (χ1v) is 5.82. The lowest BCUT2D eigenvalue weighted by atomic mass is 10.2. The number of carbonyl (C=O) groups excluding carboxylic acids is 1. The zero-order valence-corrected chi connectivity index (χ0v) is 10.1. The van der Waals surface area contributed by atoms with Gasteiger partial charge in [0.05, 0.1) is 0 Å². The second kappa shape index (κ2) is 4.95. The summed E-state index contributed by atoms with van der Waals surface area (Å²) in [5.74, 6) is 0.763. The number of aryl methyl sites for hydroxylation is 1. The van der Waals surface area contributed by atoms with Crippen LogP contribution in [0.15, 0.2) is 18.3 Å². The third kappa shape index (κ3) is 2.43. The number of hydrogen-bond donors (Lipinski definition) is 1. The Morgan fingerprint density at radius 1 is 1.47 bits per heavy atom. The Hall–Kier alpha value is -1.91. The van der Waals surface area contributed by atoms with Gasteiger partial charge in [-0.25, -0.2) is 0 Å². The number of carbonyl (C=O) groups is 1. The third-order valence-corrected chi connectivity index (χ3v) is 2.66. The largest absolute Gasteiger partial charge is 0.352 e. The molecule has 0 spiro atoms. The highest BCUT2D eigenvalue weighted by Gasteiger charge is 2.07. The summed E-state index contributed by atoms with van der Waals surface area (Å²) in [5.41, 5.74) is 1.33. The van der Waals surface area contributed by atoms with E-state index in [-0.39, 0.29) is 5.91 Å². The Balaban J connectivity index is 2.15. The molecular weight excluding hydrogens is 216 g/mol. The van der Waals surface area contributed by atoms with Gasteiger partial charge in [-0.2, -0.15) is 0 Å². The molecule has 2 heterocycles. The van der Waals surface area contributed by atoms with Gasteiger partial charge in [0.1, 0.15) is 5.82 Å². The van der Waals surface area contributed by atoms with Gasteiger partial charge in [0.15, 0.2) is 5.65 Å². The number of hydrogen-bond acceptors (Lipinski definition) is 3. The maximum atomic E-state index is 11.8. The molecule has 0 saturated heterocycles. The van der Waals surface area contributed by atoms with Crippen LogP contribution in [-0.2, 0) is 0 Å². The van der Waals surface area contributed by atoms with Crippen LogP contribution in [0.25, 0.3) is 5.65 Å². The maximum Gasteiger partial charge on any atom is 0.251 e. The van der Waals surface area contributed by atoms with E-state index in [1.54, 1.807) is 12.1 Å². The number of unbranched alkanes of at least 4 members (excludes halogenated alkanes) is 1. The molecule has 2 rings (SSSR count). The van der Waals surface area contributed by atoms with E-state index in [2.05, 4.69) is 22.4 Å². The van der Waals surface area contributed by atoms with Crippen molar-refractivity contribution in [1.29, 1.82) is 0 Å². The first kappa shape index (κ1) is 11.6. The highest BCUT2D eigenvalue weighted by Crippen LogP contribution is 2.06. The Labute approximate surface area is 99.9 Å². The minimum Gasteiger partial charge on any atom is -0.352 e. The van der Waals surface area contributed by atoms with Crippen LogP contribution in [0.1, 0.15) is 35.9 Å². The van der Waals surface area contributed by atoms with E-state index in [1.165, 1.54) is 0 Å². The molecule has 0 aromatic carbocycles. The zero-order valence-electron chi connectivity index (χ0n) is 10.1. The molecule has 1 N–H and O–H groups in total. The Morgan fingerprint density at radius 2 is 2.29 bits per heavy atom. The van der Waals surface area contributed by atoms with E-state index >= 15 is 0 Å². The molecule has 0 unspecified atom stereocenters. The number of rotatable bonds is 4. The van der Waals surface area contributed by atoms with Crippen LogP contribution in [0.3, 0.4) is 0 Å². The van der Waals surface area contributed by atoms with Gasteiger partial charge >= 0.3 is 0 Å². The smallest absolute Gasteiger partial charge is 0.251 e. The molecule has 5 heteroatoms. The summed E-state index contributed by atoms with van der Waals surface area (Å²) in [5, 5.41) is 10.8. The molecular formula is C12H16N4O. The van der Waals surface area contributed by atoms with Crippen LogP contribution in [0.4, 0.5) is 0 Å². The van der Waals surface area contributed by atoms with Crippen molar-refractivity contribution in [3.63, 3.8) is 0 Å². The lowest BCUT2D eigenvalue weighted by Crippen LogP contribution is -2.24. The van der Waals surface area contributed by atoms with Crippen molar-refractivity contribution in [2.24, 2.45) is 0 Å². The second-order valence-corrected chi connectivity index (χ2v) is 4.00. The Bertz CT molecular complexity index is 532. The number of amides is 1. The van der Waals surface area contributed by atoms with Crippen LogP contribution < -0.4 is 5.32 Å². The van der Waals surface area contributed by atoms with Crippen LogP contribution >= 0.6 is 0 Å². The topological polar surface area (TPSA) is 59.3 Å². The van der Waals surface area contributed by atoms with E-state index in [1.807, 2.05) is 17.5 Å². The van der Waals surface area contributed by atoms with Crippen molar-refractivity contribution in [1.82, 2.24) is 19.9 Å². The number of aromatic nitrogens is 3. The molecule has 0 aliphatic heterocycles. The van der Waals surface area contributed by atoms with E-state index in [0.717, 1.165) is 18.7 Å². The summed E-state index contributed by atoms with van der Waals surface area (Å²) in [4.78, 5) is 11.8. The van der Waals surface area contributed by atoms with E-state index < -0.39 is 0 Å². The minimum atomic E-state index is -0.0541. The summed E-state index contributed by atoms with van der Waals surface area (Å²) >= 11 is 0. The molecule has 0 radical (unpaired) electrons. The van der Waals surface area contributed by atoms with E-state index in [9.17, 15) is 4.79 Å². The molecule has 1 amide bonds. The fraction of sp³-hybridized carbons (Fsp3) is 0.417. The highest BCUT2D eigenvalue weighted by molar-refractivity contribution is 5.94. The predicted molar refractivity (Wildman–Crippen MR) is 65.0 cm³/mol. The number of pyridine rings is 1. The summed E-state index contributed by atoms with van der Waals surface area (Å²) in [6.07, 6.45) is 3.89. The lowest BCUT2D eigenvalue weighted by molar-refractivity contribution is 0.0953. The van der Waals surface area contributed by atoms with E-state index in [0.29, 0.717) is 17.8 Å². The summed E-state index contributed by atoms with van der Waals surface area (Å²) in [7, 11) is 0. The number of nitrogens with zero attached hydrogens (tertiary/aromatic N) is 3. The monoisotopic (exact) mass is 232 g/mol. The SMILES string of the molecule is CCCCNC(=O)c1ccn2c(C)nnc2c1. The Kier molecular flexibility index (Phi) is 3.37. The van der Waals surface area contributed by atoms with Crippen molar-refractivity contribution < 1.29 is 4.79 Å². The summed E-state index contributed by atoms with van der Waals surface area (Å²) in [6.45, 7) is 4.68.